The standard InChI is InChI=1S/C12H16N4/c1-14(2)16-9-12-11-6-4-3-5-10(11)7-8-15(12)13-16/h3-6,9,13H,7-8H2,1-2H3. The van der Waals surface area contributed by atoms with Crippen molar-refractivity contribution in [2.75, 3.05) is 20.6 Å². The van der Waals surface area contributed by atoms with E-state index in [0.717, 1.165) is 13.0 Å². The van der Waals surface area contributed by atoms with Gasteiger partial charge >= 0.3 is 0 Å². The highest BCUT2D eigenvalue weighted by molar-refractivity contribution is 5.69. The maximum atomic E-state index is 3.33. The minimum atomic E-state index is 1.02. The molecule has 4 nitrogen and oxygen atoms in total. The summed E-state index contributed by atoms with van der Waals surface area (Å²) in [6, 6.07) is 8.61. The number of rotatable bonds is 1. The predicted octanol–water partition coefficient (Wildman–Crippen LogP) is 1.05. The van der Waals surface area contributed by atoms with Crippen LogP contribution in [0.3, 0.4) is 0 Å². The highest BCUT2D eigenvalue weighted by atomic mass is 15.9. The van der Waals surface area contributed by atoms with Crippen molar-refractivity contribution in [1.29, 1.82) is 0 Å². The van der Waals surface area contributed by atoms with Crippen molar-refractivity contribution in [1.82, 2.24) is 20.7 Å². The molecule has 0 spiro atoms. The Hall–Kier alpha value is -1.52. The predicted molar refractivity (Wildman–Crippen MR) is 63.5 cm³/mol. The molecule has 2 aliphatic rings. The minimum absolute atomic E-state index is 1.02. The van der Waals surface area contributed by atoms with Crippen molar-refractivity contribution >= 4 is 5.70 Å². The quantitative estimate of drug-likeness (QED) is 0.757. The van der Waals surface area contributed by atoms with Crippen molar-refractivity contribution in [3.63, 3.8) is 0 Å². The van der Waals surface area contributed by atoms with Gasteiger partial charge in [0.15, 0.2) is 0 Å². The average molecular weight is 216 g/mol. The lowest BCUT2D eigenvalue weighted by Gasteiger charge is -2.30. The topological polar surface area (TPSA) is 21.8 Å². The van der Waals surface area contributed by atoms with Crippen LogP contribution >= 0.6 is 0 Å². The van der Waals surface area contributed by atoms with Gasteiger partial charge in [0.25, 0.3) is 0 Å². The lowest BCUT2D eigenvalue weighted by Crippen LogP contribution is -2.47. The smallest absolute Gasteiger partial charge is 0.0804 e. The maximum Gasteiger partial charge on any atom is 0.0804 e. The van der Waals surface area contributed by atoms with Crippen molar-refractivity contribution in [3.8, 4) is 0 Å². The fourth-order valence-corrected chi connectivity index (χ4v) is 2.20. The molecule has 1 N–H and O–H groups in total. The van der Waals surface area contributed by atoms with E-state index in [1.807, 2.05) is 24.2 Å². The Morgan fingerprint density at radius 3 is 2.88 bits per heavy atom. The van der Waals surface area contributed by atoms with E-state index in [9.17, 15) is 0 Å². The molecule has 0 unspecified atom stereocenters. The molecule has 2 heterocycles. The molecule has 0 saturated carbocycles. The molecular weight excluding hydrogens is 200 g/mol. The van der Waals surface area contributed by atoms with Gasteiger partial charge in [-0.1, -0.05) is 24.3 Å². The highest BCUT2D eigenvalue weighted by Crippen LogP contribution is 2.30. The Balaban J connectivity index is 2.01. The molecule has 0 fully saturated rings. The minimum Gasteiger partial charge on any atom is -0.287 e. The van der Waals surface area contributed by atoms with Gasteiger partial charge in [-0.05, 0) is 12.0 Å². The van der Waals surface area contributed by atoms with Crippen LogP contribution in [0.1, 0.15) is 11.1 Å². The molecule has 84 valence electrons. The second kappa shape index (κ2) is 3.50. The maximum absolute atomic E-state index is 3.33. The first-order valence-corrected chi connectivity index (χ1v) is 5.56. The molecule has 0 aliphatic carbocycles. The van der Waals surface area contributed by atoms with E-state index in [0.29, 0.717) is 0 Å². The van der Waals surface area contributed by atoms with Crippen LogP contribution in [0.25, 0.3) is 5.70 Å². The molecule has 4 heteroatoms. The van der Waals surface area contributed by atoms with Crippen LogP contribution in [0.5, 0.6) is 0 Å². The molecule has 0 atom stereocenters. The van der Waals surface area contributed by atoms with Crippen molar-refractivity contribution < 1.29 is 0 Å². The summed E-state index contributed by atoms with van der Waals surface area (Å²) in [6.45, 7) is 1.02. The number of nitrogens with zero attached hydrogens (tertiary/aromatic N) is 3. The summed E-state index contributed by atoms with van der Waals surface area (Å²) in [4.78, 5) is 0. The number of hydrazine groups is 3. The van der Waals surface area contributed by atoms with E-state index < -0.39 is 0 Å². The summed E-state index contributed by atoms with van der Waals surface area (Å²) in [5, 5.41) is 6.22. The molecule has 0 bridgehead atoms. The summed E-state index contributed by atoms with van der Waals surface area (Å²) in [5.41, 5.74) is 7.37. The molecule has 0 saturated heterocycles. The van der Waals surface area contributed by atoms with Gasteiger partial charge in [0.2, 0.25) is 0 Å². The van der Waals surface area contributed by atoms with Gasteiger partial charge in [-0.25, -0.2) is 10.1 Å². The number of hydrogen-bond donors (Lipinski definition) is 1. The molecule has 1 aromatic carbocycles. The van der Waals surface area contributed by atoms with Crippen LogP contribution in [0, 0.1) is 0 Å². The van der Waals surface area contributed by atoms with Crippen LogP contribution in [-0.2, 0) is 6.42 Å². The number of fused-ring (bicyclic) bond motifs is 3. The van der Waals surface area contributed by atoms with Gasteiger partial charge < -0.3 is 0 Å². The van der Waals surface area contributed by atoms with E-state index in [-0.39, 0.29) is 0 Å². The summed E-state index contributed by atoms with van der Waals surface area (Å²) >= 11 is 0. The van der Waals surface area contributed by atoms with Crippen LogP contribution < -0.4 is 5.53 Å². The van der Waals surface area contributed by atoms with E-state index in [1.54, 1.807) is 0 Å². The number of nitrogens with one attached hydrogen (secondary N) is 1. The summed E-state index contributed by atoms with van der Waals surface area (Å²) in [5.74, 6) is 0. The van der Waals surface area contributed by atoms with Gasteiger partial charge in [-0.3, -0.25) is 5.01 Å². The lowest BCUT2D eigenvalue weighted by atomic mass is 9.98. The first-order chi connectivity index (χ1) is 7.75. The average Bonchev–Trinajstić information content (AvgIpc) is 2.73. The number of hydrogen-bond acceptors (Lipinski definition) is 4. The highest BCUT2D eigenvalue weighted by Gasteiger charge is 2.27. The Morgan fingerprint density at radius 1 is 1.25 bits per heavy atom. The van der Waals surface area contributed by atoms with Gasteiger partial charge in [0, 0.05) is 26.2 Å². The molecule has 3 rings (SSSR count). The Kier molecular flexibility index (Phi) is 2.12. The summed E-state index contributed by atoms with van der Waals surface area (Å²) in [7, 11) is 4.04. The molecule has 0 radical (unpaired) electrons. The molecule has 0 aromatic heterocycles. The van der Waals surface area contributed by atoms with E-state index in [4.69, 9.17) is 0 Å². The Bertz CT molecular complexity index is 438. The van der Waals surface area contributed by atoms with E-state index in [1.165, 1.54) is 16.8 Å². The summed E-state index contributed by atoms with van der Waals surface area (Å²) in [6.07, 6.45) is 3.24. The zero-order valence-corrected chi connectivity index (χ0v) is 9.64. The van der Waals surface area contributed by atoms with Crippen molar-refractivity contribution in [3.05, 3.63) is 41.6 Å². The van der Waals surface area contributed by atoms with Crippen LogP contribution in [0.2, 0.25) is 0 Å². The largest absolute Gasteiger partial charge is 0.287 e. The van der Waals surface area contributed by atoms with Crippen molar-refractivity contribution in [2.24, 2.45) is 0 Å². The van der Waals surface area contributed by atoms with Gasteiger partial charge in [-0.2, -0.15) is 0 Å². The van der Waals surface area contributed by atoms with Gasteiger partial charge in [0.05, 0.1) is 11.9 Å². The normalized spacial score (nSPS) is 18.6. The molecular formula is C12H16N4. The second-order valence-corrected chi connectivity index (χ2v) is 4.36. The molecule has 16 heavy (non-hydrogen) atoms. The third-order valence-corrected chi connectivity index (χ3v) is 3.09. The Labute approximate surface area is 95.7 Å². The second-order valence-electron chi connectivity index (χ2n) is 4.36. The van der Waals surface area contributed by atoms with Gasteiger partial charge in [0.1, 0.15) is 0 Å². The molecule has 0 amide bonds. The zero-order valence-electron chi connectivity index (χ0n) is 9.64. The SMILES string of the molecule is CN(C)N1C=C2c3ccccc3CCN2N1. The summed E-state index contributed by atoms with van der Waals surface area (Å²) < 4.78 is 0. The molecule has 1 aromatic rings. The van der Waals surface area contributed by atoms with Crippen LogP contribution in [-0.4, -0.2) is 35.8 Å². The van der Waals surface area contributed by atoms with Crippen LogP contribution in [0.15, 0.2) is 30.5 Å². The number of benzene rings is 1. The van der Waals surface area contributed by atoms with Crippen LogP contribution in [0.4, 0.5) is 0 Å². The first-order valence-electron chi connectivity index (χ1n) is 5.56. The third kappa shape index (κ3) is 1.38. The van der Waals surface area contributed by atoms with Gasteiger partial charge in [-0.15, -0.1) is 5.53 Å². The lowest BCUT2D eigenvalue weighted by molar-refractivity contribution is -0.0191. The zero-order chi connectivity index (χ0) is 11.1. The third-order valence-electron chi connectivity index (χ3n) is 3.09. The molecule has 2 aliphatic heterocycles. The first kappa shape index (κ1) is 9.69. The van der Waals surface area contributed by atoms with E-state index in [2.05, 4.69) is 41.0 Å². The fourth-order valence-electron chi connectivity index (χ4n) is 2.20. The monoisotopic (exact) mass is 216 g/mol. The van der Waals surface area contributed by atoms with E-state index >= 15 is 0 Å². The Morgan fingerprint density at radius 2 is 2.06 bits per heavy atom. The fraction of sp³-hybridized carbons (Fsp3) is 0.333. The van der Waals surface area contributed by atoms with Crippen molar-refractivity contribution in [2.45, 2.75) is 6.42 Å².